The lowest BCUT2D eigenvalue weighted by atomic mass is 10.0. The summed E-state index contributed by atoms with van der Waals surface area (Å²) in [5.74, 6) is 0. The second-order valence-electron chi connectivity index (χ2n) is 4.67. The summed E-state index contributed by atoms with van der Waals surface area (Å²) in [5, 5.41) is 3.62. The van der Waals surface area contributed by atoms with Gasteiger partial charge in [-0.25, -0.2) is 0 Å². The van der Waals surface area contributed by atoms with E-state index in [-0.39, 0.29) is 0 Å². The number of aryl methyl sites for hydroxylation is 1. The molecule has 0 heterocycles. The lowest BCUT2D eigenvalue weighted by molar-refractivity contribution is 0.188. The van der Waals surface area contributed by atoms with Crippen LogP contribution in [0.5, 0.6) is 0 Å². The largest absolute Gasteiger partial charge is 0.385 e. The Bertz CT molecular complexity index is 354. The molecular weight excluding hydrogens is 290 g/mol. The number of nitrogens with one attached hydrogen (secondary N) is 1. The van der Waals surface area contributed by atoms with E-state index >= 15 is 0 Å². The first kappa shape index (κ1) is 15.7. The maximum atomic E-state index is 5.14. The fourth-order valence-corrected chi connectivity index (χ4v) is 2.80. The van der Waals surface area contributed by atoms with E-state index in [1.54, 1.807) is 7.11 Å². The van der Waals surface area contributed by atoms with Gasteiger partial charge >= 0.3 is 0 Å². The van der Waals surface area contributed by atoms with Gasteiger partial charge in [0.05, 0.1) is 0 Å². The topological polar surface area (TPSA) is 21.3 Å². The Morgan fingerprint density at radius 1 is 1.39 bits per heavy atom. The minimum atomic E-state index is 0.412. The molecule has 0 fully saturated rings. The summed E-state index contributed by atoms with van der Waals surface area (Å²) in [6.45, 7) is 6.20. The van der Waals surface area contributed by atoms with Crippen molar-refractivity contribution in [3.8, 4) is 0 Å². The van der Waals surface area contributed by atoms with E-state index < -0.39 is 0 Å². The smallest absolute Gasteiger partial charge is 0.0462 e. The van der Waals surface area contributed by atoms with Crippen LogP contribution in [0, 0.1) is 6.92 Å². The van der Waals surface area contributed by atoms with E-state index in [1.807, 2.05) is 0 Å². The predicted octanol–water partition coefficient (Wildman–Crippen LogP) is 4.22. The van der Waals surface area contributed by atoms with Crippen LogP contribution >= 0.6 is 15.9 Å². The van der Waals surface area contributed by atoms with Crippen LogP contribution in [0.3, 0.4) is 0 Å². The summed E-state index contributed by atoms with van der Waals surface area (Å²) < 4.78 is 6.34. The highest BCUT2D eigenvalue weighted by molar-refractivity contribution is 9.10. The molecule has 0 bridgehead atoms. The fraction of sp³-hybridized carbons (Fsp3) is 0.600. The first-order chi connectivity index (χ1) is 8.69. The fourth-order valence-electron chi connectivity index (χ4n) is 2.03. The summed E-state index contributed by atoms with van der Waals surface area (Å²) in [5.41, 5.74) is 2.64. The van der Waals surface area contributed by atoms with Gasteiger partial charge < -0.3 is 10.1 Å². The molecule has 1 unspecified atom stereocenters. The minimum absolute atomic E-state index is 0.412. The molecule has 0 saturated heterocycles. The van der Waals surface area contributed by atoms with E-state index in [9.17, 15) is 0 Å². The lowest BCUT2D eigenvalue weighted by Gasteiger charge is -2.20. The summed E-state index contributed by atoms with van der Waals surface area (Å²) >= 11 is 3.68. The molecule has 1 N–H and O–H groups in total. The molecule has 0 amide bonds. The van der Waals surface area contributed by atoms with Crippen molar-refractivity contribution in [1.29, 1.82) is 0 Å². The van der Waals surface area contributed by atoms with Crippen molar-refractivity contribution >= 4 is 15.9 Å². The standard InChI is InChI=1S/C15H24BrNO/c1-4-9-17-15(6-5-10-18-3)13-8-7-12(2)11-14(13)16/h7-8,11,15,17H,4-6,9-10H2,1-3H3. The lowest BCUT2D eigenvalue weighted by Crippen LogP contribution is -2.23. The summed E-state index contributed by atoms with van der Waals surface area (Å²) in [6, 6.07) is 7.00. The van der Waals surface area contributed by atoms with E-state index in [0.717, 1.165) is 32.4 Å². The van der Waals surface area contributed by atoms with Crippen molar-refractivity contribution in [1.82, 2.24) is 5.32 Å². The van der Waals surface area contributed by atoms with Crippen LogP contribution in [0.15, 0.2) is 22.7 Å². The van der Waals surface area contributed by atoms with Gasteiger partial charge in [-0.2, -0.15) is 0 Å². The average molecular weight is 314 g/mol. The van der Waals surface area contributed by atoms with Crippen molar-refractivity contribution in [3.63, 3.8) is 0 Å². The number of halogens is 1. The van der Waals surface area contributed by atoms with Crippen LogP contribution < -0.4 is 5.32 Å². The van der Waals surface area contributed by atoms with E-state index in [4.69, 9.17) is 4.74 Å². The maximum absolute atomic E-state index is 5.14. The third-order valence-electron chi connectivity index (χ3n) is 3.01. The van der Waals surface area contributed by atoms with E-state index in [2.05, 4.69) is 53.3 Å². The molecule has 0 saturated carbocycles. The monoisotopic (exact) mass is 313 g/mol. The Kier molecular flexibility index (Phi) is 7.56. The quantitative estimate of drug-likeness (QED) is 0.725. The van der Waals surface area contributed by atoms with Gasteiger partial charge in [-0.05, 0) is 49.9 Å². The average Bonchev–Trinajstić information content (AvgIpc) is 2.34. The molecular formula is C15H24BrNO. The van der Waals surface area contributed by atoms with Gasteiger partial charge in [0, 0.05) is 24.2 Å². The minimum Gasteiger partial charge on any atom is -0.385 e. The maximum Gasteiger partial charge on any atom is 0.0462 e. The Hall–Kier alpha value is -0.380. The van der Waals surface area contributed by atoms with Gasteiger partial charge in [0.1, 0.15) is 0 Å². The van der Waals surface area contributed by atoms with Crippen molar-refractivity contribution in [2.45, 2.75) is 39.2 Å². The van der Waals surface area contributed by atoms with Gasteiger partial charge in [-0.1, -0.05) is 35.0 Å². The highest BCUT2D eigenvalue weighted by Crippen LogP contribution is 2.27. The Labute approximate surface area is 119 Å². The van der Waals surface area contributed by atoms with Crippen molar-refractivity contribution in [2.24, 2.45) is 0 Å². The number of methoxy groups -OCH3 is 1. The van der Waals surface area contributed by atoms with Crippen molar-refractivity contribution in [3.05, 3.63) is 33.8 Å². The molecule has 1 aromatic rings. The molecule has 1 aromatic carbocycles. The van der Waals surface area contributed by atoms with Crippen molar-refractivity contribution in [2.75, 3.05) is 20.3 Å². The SMILES string of the molecule is CCCNC(CCCOC)c1ccc(C)cc1Br. The highest BCUT2D eigenvalue weighted by Gasteiger charge is 2.13. The summed E-state index contributed by atoms with van der Waals surface area (Å²) in [4.78, 5) is 0. The van der Waals surface area contributed by atoms with Crippen LogP contribution in [0.25, 0.3) is 0 Å². The molecule has 3 heteroatoms. The van der Waals surface area contributed by atoms with Crippen LogP contribution in [-0.4, -0.2) is 20.3 Å². The number of benzene rings is 1. The molecule has 1 atom stereocenters. The predicted molar refractivity (Wildman–Crippen MR) is 81.0 cm³/mol. The van der Waals surface area contributed by atoms with Gasteiger partial charge in [0.15, 0.2) is 0 Å². The zero-order valence-electron chi connectivity index (χ0n) is 11.6. The Morgan fingerprint density at radius 2 is 2.17 bits per heavy atom. The molecule has 18 heavy (non-hydrogen) atoms. The third-order valence-corrected chi connectivity index (χ3v) is 3.70. The normalized spacial score (nSPS) is 12.7. The summed E-state index contributed by atoms with van der Waals surface area (Å²) in [7, 11) is 1.76. The number of hydrogen-bond donors (Lipinski definition) is 1. The zero-order chi connectivity index (χ0) is 13.4. The van der Waals surface area contributed by atoms with Gasteiger partial charge in [-0.3, -0.25) is 0 Å². The molecule has 1 rings (SSSR count). The van der Waals surface area contributed by atoms with E-state index in [1.165, 1.54) is 15.6 Å². The second kappa shape index (κ2) is 8.68. The molecule has 0 aliphatic heterocycles. The number of rotatable bonds is 8. The molecule has 0 aliphatic carbocycles. The Balaban J connectivity index is 2.73. The van der Waals surface area contributed by atoms with Crippen molar-refractivity contribution < 1.29 is 4.74 Å². The van der Waals surface area contributed by atoms with Crippen LogP contribution in [-0.2, 0) is 4.74 Å². The molecule has 0 radical (unpaired) electrons. The summed E-state index contributed by atoms with van der Waals surface area (Å²) in [6.07, 6.45) is 3.35. The van der Waals surface area contributed by atoms with Crippen LogP contribution in [0.1, 0.15) is 43.4 Å². The van der Waals surface area contributed by atoms with Crippen LogP contribution in [0.4, 0.5) is 0 Å². The van der Waals surface area contributed by atoms with E-state index in [0.29, 0.717) is 6.04 Å². The molecule has 0 aromatic heterocycles. The second-order valence-corrected chi connectivity index (χ2v) is 5.52. The highest BCUT2D eigenvalue weighted by atomic mass is 79.9. The van der Waals surface area contributed by atoms with Gasteiger partial charge in [0.25, 0.3) is 0 Å². The van der Waals surface area contributed by atoms with Crippen LogP contribution in [0.2, 0.25) is 0 Å². The van der Waals surface area contributed by atoms with Gasteiger partial charge in [-0.15, -0.1) is 0 Å². The Morgan fingerprint density at radius 3 is 2.78 bits per heavy atom. The first-order valence-corrected chi connectivity index (χ1v) is 7.46. The zero-order valence-corrected chi connectivity index (χ0v) is 13.2. The molecule has 0 aliphatic rings. The first-order valence-electron chi connectivity index (χ1n) is 6.67. The number of hydrogen-bond acceptors (Lipinski definition) is 2. The number of ether oxygens (including phenoxy) is 1. The third kappa shape index (κ3) is 5.09. The molecule has 0 spiro atoms. The molecule has 2 nitrogen and oxygen atoms in total. The molecule has 102 valence electrons. The van der Waals surface area contributed by atoms with Gasteiger partial charge in [0.2, 0.25) is 0 Å².